The number of halogens is 3. The molecule has 1 N–H and O–H groups in total. The molecule has 0 spiro atoms. The number of nitrogens with zero attached hydrogens (tertiary/aromatic N) is 7. The van der Waals surface area contributed by atoms with E-state index in [1.807, 2.05) is 24.4 Å². The molecule has 4 aromatic rings. The van der Waals surface area contributed by atoms with E-state index in [4.69, 9.17) is 9.53 Å². The Morgan fingerprint density at radius 3 is 2.41 bits per heavy atom. The zero-order valence-corrected chi connectivity index (χ0v) is 20.8. The summed E-state index contributed by atoms with van der Waals surface area (Å²) < 4.78 is 37.9. The van der Waals surface area contributed by atoms with Gasteiger partial charge < -0.3 is 14.7 Å². The third-order valence-electron chi connectivity index (χ3n) is 6.02. The van der Waals surface area contributed by atoms with E-state index in [0.29, 0.717) is 17.0 Å². The van der Waals surface area contributed by atoms with E-state index in [2.05, 4.69) is 37.0 Å². The Labute approximate surface area is 221 Å². The minimum absolute atomic E-state index is 0.0809. The zero-order chi connectivity index (χ0) is 28.0. The Morgan fingerprint density at radius 2 is 1.85 bits per heavy atom. The number of rotatable bonds is 5. The fraction of sp³-hybridized carbons (Fsp3) is 0.269. The van der Waals surface area contributed by atoms with Crippen LogP contribution in [0, 0.1) is 11.3 Å². The molecule has 13 heteroatoms. The van der Waals surface area contributed by atoms with Crippen LogP contribution in [0.25, 0.3) is 16.6 Å². The number of carbonyl (C=O) groups is 1. The largest absolute Gasteiger partial charge is 0.506 e. The molecular weight excluding hydrogens is 515 g/mol. The molecule has 0 aliphatic carbocycles. The highest BCUT2D eigenvalue weighted by atomic mass is 19.4. The average molecular weight is 540 g/mol. The first-order valence-corrected chi connectivity index (χ1v) is 11.8. The van der Waals surface area contributed by atoms with E-state index < -0.39 is 12.5 Å². The van der Waals surface area contributed by atoms with Crippen molar-refractivity contribution in [1.29, 1.82) is 5.26 Å². The van der Waals surface area contributed by atoms with Crippen LogP contribution in [0.3, 0.4) is 0 Å². The van der Waals surface area contributed by atoms with Crippen molar-refractivity contribution in [3.05, 3.63) is 66.2 Å². The van der Waals surface area contributed by atoms with Gasteiger partial charge in [0.25, 0.3) is 0 Å². The van der Waals surface area contributed by atoms with Gasteiger partial charge >= 0.3 is 6.18 Å². The highest BCUT2D eigenvalue weighted by molar-refractivity contribution is 5.85. The summed E-state index contributed by atoms with van der Waals surface area (Å²) in [6, 6.07) is 11.7. The molecule has 1 saturated heterocycles. The molecule has 0 unspecified atom stereocenters. The third kappa shape index (κ3) is 6.79. The maximum absolute atomic E-state index is 10.4. The molecule has 10 nitrogen and oxygen atoms in total. The molecule has 202 valence electrons. The summed E-state index contributed by atoms with van der Waals surface area (Å²) in [5, 5.41) is 23.7. The standard InChI is InChI=1S/C24H23N7O2.C2HF3O/c1-33-23-5-2-17(12-27-23)15-29-6-8-30(9-7-29)22-4-3-18(13-26-22)21-10-20(32)16-31-24(21)19(11-25)14-28-31;3-2(4,5)1-6/h2-5,10,12-14,16,32H,6-9,15H2,1H3;1H. The molecule has 5 heterocycles. The highest BCUT2D eigenvalue weighted by Gasteiger charge is 2.25. The second-order valence-corrected chi connectivity index (χ2v) is 8.61. The van der Waals surface area contributed by atoms with Crippen LogP contribution in [0.15, 0.2) is 55.1 Å². The number of hydrogen-bond donors (Lipinski definition) is 1. The Morgan fingerprint density at radius 1 is 1.10 bits per heavy atom. The van der Waals surface area contributed by atoms with E-state index in [1.54, 1.807) is 19.4 Å². The van der Waals surface area contributed by atoms with Crippen LogP contribution in [0.2, 0.25) is 0 Å². The number of fused-ring (bicyclic) bond motifs is 1. The van der Waals surface area contributed by atoms with Crippen molar-refractivity contribution >= 4 is 17.6 Å². The Balaban J connectivity index is 0.000000531. The Hall–Kier alpha value is -4.70. The van der Waals surface area contributed by atoms with Crippen LogP contribution in [0.4, 0.5) is 19.0 Å². The number of piperazine rings is 1. The number of aromatic nitrogens is 4. The fourth-order valence-electron chi connectivity index (χ4n) is 4.16. The predicted octanol–water partition coefficient (Wildman–Crippen LogP) is 3.45. The zero-order valence-electron chi connectivity index (χ0n) is 20.8. The van der Waals surface area contributed by atoms with Crippen LogP contribution in [0.1, 0.15) is 11.1 Å². The van der Waals surface area contributed by atoms with Gasteiger partial charge in [-0.05, 0) is 23.8 Å². The summed E-state index contributed by atoms with van der Waals surface area (Å²) in [6.45, 7) is 4.49. The van der Waals surface area contributed by atoms with Crippen LogP contribution in [0.5, 0.6) is 11.6 Å². The van der Waals surface area contributed by atoms with Gasteiger partial charge in [0.05, 0.1) is 30.6 Å². The van der Waals surface area contributed by atoms with Gasteiger partial charge in [-0.15, -0.1) is 0 Å². The molecule has 1 aliphatic heterocycles. The van der Waals surface area contributed by atoms with Gasteiger partial charge in [-0.25, -0.2) is 14.5 Å². The average Bonchev–Trinajstić information content (AvgIpc) is 3.36. The third-order valence-corrected chi connectivity index (χ3v) is 6.02. The van der Waals surface area contributed by atoms with E-state index in [1.165, 1.54) is 22.5 Å². The van der Waals surface area contributed by atoms with Gasteiger partial charge in [0.15, 0.2) is 0 Å². The Kier molecular flexibility index (Phi) is 8.26. The van der Waals surface area contributed by atoms with Crippen molar-refractivity contribution in [1.82, 2.24) is 24.5 Å². The molecule has 4 aromatic heterocycles. The summed E-state index contributed by atoms with van der Waals surface area (Å²) in [4.78, 5) is 22.3. The number of hydrogen-bond acceptors (Lipinski definition) is 9. The molecule has 5 rings (SSSR count). The lowest BCUT2D eigenvalue weighted by Gasteiger charge is -2.35. The van der Waals surface area contributed by atoms with Crippen molar-refractivity contribution in [3.8, 4) is 28.8 Å². The number of alkyl halides is 3. The number of ether oxygens (including phenoxy) is 1. The first-order chi connectivity index (χ1) is 18.7. The minimum Gasteiger partial charge on any atom is -0.506 e. The number of aldehydes is 1. The van der Waals surface area contributed by atoms with Gasteiger partial charge in [0.2, 0.25) is 12.2 Å². The normalized spacial score (nSPS) is 13.9. The number of methoxy groups -OCH3 is 1. The Bertz CT molecular complexity index is 1460. The summed E-state index contributed by atoms with van der Waals surface area (Å²) in [6.07, 6.45) is 0.938. The topological polar surface area (TPSA) is 120 Å². The molecule has 0 saturated carbocycles. The van der Waals surface area contributed by atoms with Crippen molar-refractivity contribution in [2.24, 2.45) is 0 Å². The monoisotopic (exact) mass is 539 g/mol. The lowest BCUT2D eigenvalue weighted by atomic mass is 10.1. The predicted molar refractivity (Wildman–Crippen MR) is 135 cm³/mol. The number of nitriles is 1. The van der Waals surface area contributed by atoms with E-state index in [-0.39, 0.29) is 5.75 Å². The molecule has 1 aliphatic rings. The van der Waals surface area contributed by atoms with E-state index in [9.17, 15) is 23.5 Å². The number of carbonyl (C=O) groups excluding carboxylic acids is 1. The summed E-state index contributed by atoms with van der Waals surface area (Å²) in [5.41, 5.74) is 3.83. The first-order valence-electron chi connectivity index (χ1n) is 11.8. The summed E-state index contributed by atoms with van der Waals surface area (Å²) >= 11 is 0. The van der Waals surface area contributed by atoms with Crippen molar-refractivity contribution in [2.75, 3.05) is 38.2 Å². The SMILES string of the molecule is COc1ccc(CN2CCN(c3ccc(-c4cc(O)cn5ncc(C#N)c45)cn3)CC2)cn1.O=CC(F)(F)F. The molecule has 0 bridgehead atoms. The van der Waals surface area contributed by atoms with Gasteiger partial charge in [-0.3, -0.25) is 9.69 Å². The molecule has 0 amide bonds. The van der Waals surface area contributed by atoms with E-state index >= 15 is 0 Å². The van der Waals surface area contributed by atoms with Crippen molar-refractivity contribution in [2.45, 2.75) is 12.7 Å². The highest BCUT2D eigenvalue weighted by Crippen LogP contribution is 2.31. The molecule has 0 radical (unpaired) electrons. The molecular formula is C26H24F3N7O3. The van der Waals surface area contributed by atoms with Crippen molar-refractivity contribution < 1.29 is 27.8 Å². The summed E-state index contributed by atoms with van der Waals surface area (Å²) in [7, 11) is 1.62. The van der Waals surface area contributed by atoms with Crippen LogP contribution >= 0.6 is 0 Å². The maximum Gasteiger partial charge on any atom is 0.446 e. The van der Waals surface area contributed by atoms with Gasteiger partial charge in [-0.2, -0.15) is 23.5 Å². The molecule has 0 aromatic carbocycles. The smallest absolute Gasteiger partial charge is 0.446 e. The maximum atomic E-state index is 10.4. The number of pyridine rings is 3. The molecule has 39 heavy (non-hydrogen) atoms. The number of aromatic hydroxyl groups is 1. The van der Waals surface area contributed by atoms with Crippen LogP contribution < -0.4 is 9.64 Å². The summed E-state index contributed by atoms with van der Waals surface area (Å²) in [5.74, 6) is 1.62. The number of anilines is 1. The van der Waals surface area contributed by atoms with Gasteiger partial charge in [-0.1, -0.05) is 6.07 Å². The fourth-order valence-corrected chi connectivity index (χ4v) is 4.16. The van der Waals surface area contributed by atoms with Crippen LogP contribution in [-0.4, -0.2) is 75.3 Å². The first kappa shape index (κ1) is 27.3. The van der Waals surface area contributed by atoms with E-state index in [0.717, 1.165) is 49.7 Å². The lowest BCUT2D eigenvalue weighted by Crippen LogP contribution is -2.46. The second kappa shape index (κ2) is 11.8. The lowest BCUT2D eigenvalue weighted by molar-refractivity contribution is -0.156. The van der Waals surface area contributed by atoms with Gasteiger partial charge in [0, 0.05) is 62.3 Å². The van der Waals surface area contributed by atoms with Gasteiger partial charge in [0.1, 0.15) is 17.6 Å². The molecule has 1 fully saturated rings. The van der Waals surface area contributed by atoms with Crippen LogP contribution in [-0.2, 0) is 11.3 Å². The molecule has 0 atom stereocenters. The second-order valence-electron chi connectivity index (χ2n) is 8.61. The minimum atomic E-state index is -4.64. The quantitative estimate of drug-likeness (QED) is 0.380. The van der Waals surface area contributed by atoms with Crippen molar-refractivity contribution in [3.63, 3.8) is 0 Å².